The summed E-state index contributed by atoms with van der Waals surface area (Å²) in [7, 11) is 3.10. The molecule has 0 aliphatic heterocycles. The van der Waals surface area contributed by atoms with Crippen LogP contribution in [-0.2, 0) is 0 Å². The van der Waals surface area contributed by atoms with Crippen LogP contribution in [0.4, 0.5) is 17.1 Å². The van der Waals surface area contributed by atoms with Crippen LogP contribution < -0.4 is 15.2 Å². The van der Waals surface area contributed by atoms with Crippen LogP contribution in [0.3, 0.4) is 0 Å². The van der Waals surface area contributed by atoms with Crippen LogP contribution in [0, 0.1) is 0 Å². The normalized spacial score (nSPS) is 10.9. The minimum Gasteiger partial charge on any atom is -0.495 e. The van der Waals surface area contributed by atoms with E-state index >= 15 is 0 Å². The first-order valence-electron chi connectivity index (χ1n) is 7.24. The predicted molar refractivity (Wildman–Crippen MR) is 91.7 cm³/mol. The monoisotopic (exact) mass is 323 g/mol. The topological polar surface area (TPSA) is 87.0 Å². The molecule has 0 unspecified atom stereocenters. The number of benzene rings is 2. The number of hydrogen-bond donors (Lipinski definition) is 1. The molecule has 1 heterocycles. The number of nitrogen functional groups attached to an aromatic ring is 1. The number of nitrogens with two attached hydrogens (primary N) is 1. The minimum atomic E-state index is 0.481. The van der Waals surface area contributed by atoms with Crippen molar-refractivity contribution in [1.29, 1.82) is 0 Å². The fourth-order valence-electron chi connectivity index (χ4n) is 2.21. The second-order valence-electron chi connectivity index (χ2n) is 4.94. The first-order valence-corrected chi connectivity index (χ1v) is 7.24. The fraction of sp³-hybridized carbons (Fsp3) is 0.118. The van der Waals surface area contributed by atoms with Crippen molar-refractivity contribution in [2.45, 2.75) is 0 Å². The first-order chi connectivity index (χ1) is 11.7. The summed E-state index contributed by atoms with van der Waals surface area (Å²) in [5, 5.41) is 12.7. The summed E-state index contributed by atoms with van der Waals surface area (Å²) in [6.45, 7) is 0. The first kappa shape index (κ1) is 15.5. The van der Waals surface area contributed by atoms with Gasteiger partial charge in [0, 0.05) is 24.5 Å². The zero-order chi connectivity index (χ0) is 16.9. The quantitative estimate of drug-likeness (QED) is 0.570. The Morgan fingerprint density at radius 1 is 1.00 bits per heavy atom. The third kappa shape index (κ3) is 3.19. The van der Waals surface area contributed by atoms with Gasteiger partial charge in [-0.25, -0.2) is 4.68 Å². The van der Waals surface area contributed by atoms with Crippen LogP contribution in [0.2, 0.25) is 0 Å². The van der Waals surface area contributed by atoms with Crippen molar-refractivity contribution in [3.05, 3.63) is 54.9 Å². The molecular weight excluding hydrogens is 306 g/mol. The van der Waals surface area contributed by atoms with Crippen molar-refractivity contribution in [2.75, 3.05) is 20.0 Å². The van der Waals surface area contributed by atoms with Gasteiger partial charge in [-0.15, -0.1) is 5.11 Å². The van der Waals surface area contributed by atoms with Gasteiger partial charge in [-0.2, -0.15) is 10.2 Å². The van der Waals surface area contributed by atoms with Crippen LogP contribution in [0.1, 0.15) is 0 Å². The Kier molecular flexibility index (Phi) is 4.42. The van der Waals surface area contributed by atoms with Crippen LogP contribution in [0.5, 0.6) is 11.5 Å². The van der Waals surface area contributed by atoms with Crippen molar-refractivity contribution < 1.29 is 9.47 Å². The molecule has 0 aliphatic rings. The molecule has 0 amide bonds. The molecule has 0 bridgehead atoms. The predicted octanol–water partition coefficient (Wildman–Crippen LogP) is 3.89. The van der Waals surface area contributed by atoms with Crippen molar-refractivity contribution in [3.63, 3.8) is 0 Å². The van der Waals surface area contributed by atoms with Crippen molar-refractivity contribution in [1.82, 2.24) is 9.78 Å². The van der Waals surface area contributed by atoms with E-state index in [9.17, 15) is 0 Å². The zero-order valence-corrected chi connectivity index (χ0v) is 13.4. The van der Waals surface area contributed by atoms with Gasteiger partial charge in [0.1, 0.15) is 17.2 Å². The van der Waals surface area contributed by atoms with E-state index in [1.54, 1.807) is 37.2 Å². The van der Waals surface area contributed by atoms with E-state index in [1.807, 2.05) is 36.5 Å². The summed E-state index contributed by atoms with van der Waals surface area (Å²) < 4.78 is 12.3. The van der Waals surface area contributed by atoms with Gasteiger partial charge in [0.15, 0.2) is 0 Å². The second-order valence-corrected chi connectivity index (χ2v) is 4.94. The minimum absolute atomic E-state index is 0.481. The molecule has 3 aromatic rings. The van der Waals surface area contributed by atoms with Gasteiger partial charge in [-0.3, -0.25) is 0 Å². The van der Waals surface area contributed by atoms with E-state index < -0.39 is 0 Å². The highest BCUT2D eigenvalue weighted by molar-refractivity contribution is 5.67. The maximum Gasteiger partial charge on any atom is 0.148 e. The average molecular weight is 323 g/mol. The van der Waals surface area contributed by atoms with Crippen LogP contribution >= 0.6 is 0 Å². The Hall–Kier alpha value is -3.35. The molecule has 2 N–H and O–H groups in total. The lowest BCUT2D eigenvalue weighted by atomic mass is 10.2. The second kappa shape index (κ2) is 6.82. The van der Waals surface area contributed by atoms with Crippen LogP contribution in [0.15, 0.2) is 65.1 Å². The summed E-state index contributed by atoms with van der Waals surface area (Å²) in [6, 6.07) is 12.8. The summed E-state index contributed by atoms with van der Waals surface area (Å²) in [5.74, 6) is 1.05. The van der Waals surface area contributed by atoms with Crippen molar-refractivity contribution >= 4 is 17.1 Å². The molecular formula is C17H17N5O2. The molecule has 0 radical (unpaired) electrons. The van der Waals surface area contributed by atoms with E-state index in [-0.39, 0.29) is 0 Å². The largest absolute Gasteiger partial charge is 0.495 e. The Morgan fingerprint density at radius 3 is 2.54 bits per heavy atom. The highest BCUT2D eigenvalue weighted by Crippen LogP contribution is 2.37. The smallest absolute Gasteiger partial charge is 0.148 e. The zero-order valence-electron chi connectivity index (χ0n) is 13.4. The van der Waals surface area contributed by atoms with Gasteiger partial charge in [-0.1, -0.05) is 6.07 Å². The van der Waals surface area contributed by atoms with E-state index in [4.69, 9.17) is 15.2 Å². The summed E-state index contributed by atoms with van der Waals surface area (Å²) in [6.07, 6.45) is 3.59. The van der Waals surface area contributed by atoms with Gasteiger partial charge in [-0.05, 0) is 24.3 Å². The number of anilines is 1. The Bertz CT molecular complexity index is 859. The third-order valence-electron chi connectivity index (χ3n) is 3.40. The molecule has 0 spiro atoms. The lowest BCUT2D eigenvalue weighted by Gasteiger charge is -2.09. The number of nitrogens with zero attached hydrogens (tertiary/aromatic N) is 4. The van der Waals surface area contributed by atoms with Gasteiger partial charge in [0.25, 0.3) is 0 Å². The van der Waals surface area contributed by atoms with E-state index in [2.05, 4.69) is 15.3 Å². The number of azo groups is 1. The molecule has 1 aromatic heterocycles. The SMILES string of the molecule is COc1cc(/N=N/c2cccc(-n3cccn3)c2)c(OC)cc1N. The summed E-state index contributed by atoms with van der Waals surface area (Å²) in [5.41, 5.74) is 8.48. The van der Waals surface area contributed by atoms with E-state index in [1.165, 1.54) is 0 Å². The standard InChI is InChI=1S/C17H17N5O2/c1-23-16-11-15(17(24-2)10-14(16)18)21-20-12-5-3-6-13(9-12)22-8-4-7-19-22/h3-11H,18H2,1-2H3/b21-20+. The summed E-state index contributed by atoms with van der Waals surface area (Å²) in [4.78, 5) is 0. The van der Waals surface area contributed by atoms with Gasteiger partial charge >= 0.3 is 0 Å². The Morgan fingerprint density at radius 2 is 1.83 bits per heavy atom. The molecule has 0 aliphatic carbocycles. The molecule has 0 atom stereocenters. The van der Waals surface area contributed by atoms with E-state index in [0.717, 1.165) is 5.69 Å². The van der Waals surface area contributed by atoms with Crippen molar-refractivity contribution in [3.8, 4) is 17.2 Å². The Balaban J connectivity index is 1.92. The molecule has 2 aromatic carbocycles. The molecule has 7 nitrogen and oxygen atoms in total. The molecule has 7 heteroatoms. The molecule has 24 heavy (non-hydrogen) atoms. The molecule has 122 valence electrons. The number of methoxy groups -OCH3 is 2. The number of ether oxygens (including phenoxy) is 2. The molecule has 3 rings (SSSR count). The summed E-state index contributed by atoms with van der Waals surface area (Å²) >= 11 is 0. The molecule has 0 fully saturated rings. The van der Waals surface area contributed by atoms with Crippen LogP contribution in [0.25, 0.3) is 5.69 Å². The number of aromatic nitrogens is 2. The maximum atomic E-state index is 5.87. The average Bonchev–Trinajstić information content (AvgIpc) is 3.15. The Labute approximate surface area is 139 Å². The highest BCUT2D eigenvalue weighted by atomic mass is 16.5. The lowest BCUT2D eigenvalue weighted by Crippen LogP contribution is -1.94. The number of rotatable bonds is 5. The van der Waals surface area contributed by atoms with Gasteiger partial charge < -0.3 is 15.2 Å². The fourth-order valence-corrected chi connectivity index (χ4v) is 2.21. The lowest BCUT2D eigenvalue weighted by molar-refractivity contribution is 0.406. The maximum absolute atomic E-state index is 5.87. The van der Waals surface area contributed by atoms with Gasteiger partial charge in [0.05, 0.1) is 31.3 Å². The third-order valence-corrected chi connectivity index (χ3v) is 3.40. The van der Waals surface area contributed by atoms with Gasteiger partial charge in [0.2, 0.25) is 0 Å². The molecule has 0 saturated heterocycles. The number of hydrogen-bond acceptors (Lipinski definition) is 6. The van der Waals surface area contributed by atoms with Crippen molar-refractivity contribution in [2.24, 2.45) is 10.2 Å². The van der Waals surface area contributed by atoms with Crippen LogP contribution in [-0.4, -0.2) is 24.0 Å². The highest BCUT2D eigenvalue weighted by Gasteiger charge is 2.09. The van der Waals surface area contributed by atoms with E-state index in [0.29, 0.717) is 28.6 Å². The molecule has 0 saturated carbocycles.